The van der Waals surface area contributed by atoms with Crippen molar-refractivity contribution in [3.8, 4) is 5.75 Å². The fourth-order valence-corrected chi connectivity index (χ4v) is 4.99. The third-order valence-corrected chi connectivity index (χ3v) is 6.62. The molecular weight excluding hydrogens is 391 g/mol. The third-order valence-electron chi connectivity index (χ3n) is 5.46. The van der Waals surface area contributed by atoms with Crippen molar-refractivity contribution in [2.75, 3.05) is 25.1 Å². The molecule has 1 saturated heterocycles. The van der Waals surface area contributed by atoms with Crippen LogP contribution < -0.4 is 9.64 Å². The molecule has 0 bridgehead atoms. The van der Waals surface area contributed by atoms with E-state index >= 15 is 0 Å². The monoisotopic (exact) mass is 416 g/mol. The first kappa shape index (κ1) is 19.8. The lowest BCUT2D eigenvalue weighted by Crippen LogP contribution is -2.30. The molecule has 154 valence electrons. The largest absolute Gasteiger partial charge is 0.496 e. The van der Waals surface area contributed by atoms with E-state index in [1.807, 2.05) is 13.8 Å². The summed E-state index contributed by atoms with van der Waals surface area (Å²) in [5.41, 5.74) is 4.26. The molecule has 1 fully saturated rings. The summed E-state index contributed by atoms with van der Waals surface area (Å²) in [6.07, 6.45) is 5.04. The molecule has 0 radical (unpaired) electrons. The Morgan fingerprint density at radius 3 is 2.72 bits per heavy atom. The van der Waals surface area contributed by atoms with Crippen LogP contribution >= 0.6 is 0 Å². The molecule has 1 aliphatic heterocycles. The Bertz CT molecular complexity index is 1080. The number of nitrogens with zero attached hydrogens (tertiary/aromatic N) is 3. The highest BCUT2D eigenvalue weighted by atomic mass is 32.2. The normalized spacial score (nSPS) is 15.7. The number of piperidine rings is 1. The number of aromatic nitrogens is 3. The van der Waals surface area contributed by atoms with Gasteiger partial charge in [0.25, 0.3) is 0 Å². The van der Waals surface area contributed by atoms with Crippen LogP contribution in [-0.4, -0.2) is 39.4 Å². The Balaban J connectivity index is 1.62. The SMILES string of the molecule is COc1c(C)cnc(CS(=O)c2nc3cc(N4CCCCC4)c(F)cc3[nH]2)c1C. The van der Waals surface area contributed by atoms with Crippen LogP contribution in [0.4, 0.5) is 10.1 Å². The molecule has 0 amide bonds. The van der Waals surface area contributed by atoms with Gasteiger partial charge in [0.1, 0.15) is 11.6 Å². The number of rotatable bonds is 5. The van der Waals surface area contributed by atoms with Gasteiger partial charge in [-0.1, -0.05) is 0 Å². The van der Waals surface area contributed by atoms with Crippen molar-refractivity contribution in [1.82, 2.24) is 15.0 Å². The molecule has 0 aliphatic carbocycles. The van der Waals surface area contributed by atoms with Gasteiger partial charge in [-0.15, -0.1) is 0 Å². The number of halogens is 1. The van der Waals surface area contributed by atoms with E-state index in [1.54, 1.807) is 19.4 Å². The highest BCUT2D eigenvalue weighted by Crippen LogP contribution is 2.29. The van der Waals surface area contributed by atoms with E-state index in [2.05, 4.69) is 19.9 Å². The summed E-state index contributed by atoms with van der Waals surface area (Å²) in [6, 6.07) is 3.21. The molecule has 3 heterocycles. The van der Waals surface area contributed by atoms with Crippen molar-refractivity contribution in [1.29, 1.82) is 0 Å². The molecule has 0 saturated carbocycles. The predicted molar refractivity (Wildman–Crippen MR) is 112 cm³/mol. The summed E-state index contributed by atoms with van der Waals surface area (Å²) in [5.74, 6) is 0.690. The van der Waals surface area contributed by atoms with Gasteiger partial charge in [-0.3, -0.25) is 9.19 Å². The summed E-state index contributed by atoms with van der Waals surface area (Å²) in [5, 5.41) is 0.330. The van der Waals surface area contributed by atoms with E-state index in [-0.39, 0.29) is 11.6 Å². The molecule has 1 N–H and O–H groups in total. The van der Waals surface area contributed by atoms with Crippen LogP contribution in [0.5, 0.6) is 5.75 Å². The summed E-state index contributed by atoms with van der Waals surface area (Å²) in [6.45, 7) is 5.54. The van der Waals surface area contributed by atoms with Gasteiger partial charge < -0.3 is 14.6 Å². The molecular formula is C21H25FN4O2S. The van der Waals surface area contributed by atoms with E-state index in [9.17, 15) is 8.60 Å². The van der Waals surface area contributed by atoms with Gasteiger partial charge in [0.05, 0.1) is 46.1 Å². The van der Waals surface area contributed by atoms with Crippen LogP contribution in [-0.2, 0) is 16.6 Å². The van der Waals surface area contributed by atoms with E-state index in [0.717, 1.165) is 42.8 Å². The molecule has 8 heteroatoms. The smallest absolute Gasteiger partial charge is 0.197 e. The molecule has 3 aromatic rings. The minimum atomic E-state index is -1.43. The maximum Gasteiger partial charge on any atom is 0.197 e. The maximum atomic E-state index is 14.6. The van der Waals surface area contributed by atoms with E-state index in [0.29, 0.717) is 27.6 Å². The van der Waals surface area contributed by atoms with Gasteiger partial charge in [0.15, 0.2) is 5.16 Å². The first-order valence-corrected chi connectivity index (χ1v) is 11.1. The number of hydrogen-bond donors (Lipinski definition) is 1. The van der Waals surface area contributed by atoms with Crippen LogP contribution in [0.2, 0.25) is 0 Å². The third kappa shape index (κ3) is 3.85. The Morgan fingerprint density at radius 1 is 1.24 bits per heavy atom. The van der Waals surface area contributed by atoms with Crippen molar-refractivity contribution in [2.45, 2.75) is 44.0 Å². The molecule has 1 atom stereocenters. The average molecular weight is 417 g/mol. The zero-order valence-electron chi connectivity index (χ0n) is 16.9. The van der Waals surface area contributed by atoms with Crippen molar-refractivity contribution in [2.24, 2.45) is 0 Å². The first-order valence-electron chi connectivity index (χ1n) is 9.79. The van der Waals surface area contributed by atoms with E-state index in [4.69, 9.17) is 4.74 Å². The number of ether oxygens (including phenoxy) is 1. The summed E-state index contributed by atoms with van der Waals surface area (Å²) < 4.78 is 33.0. The molecule has 0 spiro atoms. The van der Waals surface area contributed by atoms with Crippen LogP contribution in [0.3, 0.4) is 0 Å². The number of methoxy groups -OCH3 is 1. The summed E-state index contributed by atoms with van der Waals surface area (Å²) in [7, 11) is 0.182. The van der Waals surface area contributed by atoms with Crippen molar-refractivity contribution in [3.63, 3.8) is 0 Å². The first-order chi connectivity index (χ1) is 14.0. The summed E-state index contributed by atoms with van der Waals surface area (Å²) in [4.78, 5) is 14.0. The van der Waals surface area contributed by atoms with Gasteiger partial charge in [-0.25, -0.2) is 9.37 Å². The lowest BCUT2D eigenvalue weighted by atomic mass is 10.1. The van der Waals surface area contributed by atoms with Gasteiger partial charge in [0.2, 0.25) is 0 Å². The Hall–Kier alpha value is -2.48. The Kier molecular flexibility index (Phi) is 5.54. The molecule has 4 rings (SSSR count). The molecule has 1 aliphatic rings. The number of fused-ring (bicyclic) bond motifs is 1. The highest BCUT2D eigenvalue weighted by Gasteiger charge is 2.19. The topological polar surface area (TPSA) is 71.1 Å². The van der Waals surface area contributed by atoms with Crippen LogP contribution in [0.1, 0.15) is 36.1 Å². The molecule has 1 unspecified atom stereocenters. The number of hydrogen-bond acceptors (Lipinski definition) is 5. The van der Waals surface area contributed by atoms with E-state index in [1.165, 1.54) is 12.5 Å². The lowest BCUT2D eigenvalue weighted by Gasteiger charge is -2.29. The predicted octanol–water partition coefficient (Wildman–Crippen LogP) is 4.02. The van der Waals surface area contributed by atoms with Crippen LogP contribution in [0.15, 0.2) is 23.5 Å². The summed E-state index contributed by atoms with van der Waals surface area (Å²) >= 11 is 0. The second-order valence-electron chi connectivity index (χ2n) is 7.45. The van der Waals surface area contributed by atoms with Crippen LogP contribution in [0.25, 0.3) is 11.0 Å². The number of anilines is 1. The fourth-order valence-electron chi connectivity index (χ4n) is 3.89. The minimum Gasteiger partial charge on any atom is -0.496 e. The fraction of sp³-hybridized carbons (Fsp3) is 0.429. The molecule has 6 nitrogen and oxygen atoms in total. The highest BCUT2D eigenvalue weighted by molar-refractivity contribution is 7.84. The van der Waals surface area contributed by atoms with E-state index < -0.39 is 10.8 Å². The number of aryl methyl sites for hydroxylation is 1. The number of imidazole rings is 1. The Morgan fingerprint density at radius 2 is 2.00 bits per heavy atom. The van der Waals surface area contributed by atoms with Gasteiger partial charge in [0, 0.05) is 36.5 Å². The maximum absolute atomic E-state index is 14.6. The lowest BCUT2D eigenvalue weighted by molar-refractivity contribution is 0.407. The van der Waals surface area contributed by atoms with Gasteiger partial charge >= 0.3 is 0 Å². The van der Waals surface area contributed by atoms with Gasteiger partial charge in [-0.2, -0.15) is 0 Å². The second kappa shape index (κ2) is 8.10. The van der Waals surface area contributed by atoms with Crippen molar-refractivity contribution >= 4 is 27.5 Å². The van der Waals surface area contributed by atoms with Gasteiger partial charge in [-0.05, 0) is 39.2 Å². The molecule has 29 heavy (non-hydrogen) atoms. The van der Waals surface area contributed by atoms with Crippen molar-refractivity contribution in [3.05, 3.63) is 41.0 Å². The molecule has 1 aromatic carbocycles. The number of aromatic amines is 1. The number of nitrogens with one attached hydrogen (secondary N) is 1. The minimum absolute atomic E-state index is 0.212. The van der Waals surface area contributed by atoms with Crippen LogP contribution in [0, 0.1) is 19.7 Å². The number of benzene rings is 1. The van der Waals surface area contributed by atoms with Crippen molar-refractivity contribution < 1.29 is 13.3 Å². The Labute approximate surface area is 172 Å². The average Bonchev–Trinajstić information content (AvgIpc) is 3.13. The quantitative estimate of drug-likeness (QED) is 0.680. The zero-order chi connectivity index (χ0) is 20.5. The molecule has 2 aromatic heterocycles. The zero-order valence-corrected chi connectivity index (χ0v) is 17.7. The standard InChI is InChI=1S/C21H25FN4O2S/c1-13-11-23-18(14(2)20(13)28-3)12-29(27)21-24-16-9-15(22)19(10-17(16)25-21)26-7-5-4-6-8-26/h9-11H,4-8,12H2,1-3H3,(H,24,25). The number of H-pyrrole nitrogens is 1. The second-order valence-corrected chi connectivity index (χ2v) is 8.81. The number of pyridine rings is 1.